The van der Waals surface area contributed by atoms with E-state index >= 15 is 0 Å². The smallest absolute Gasteiger partial charge is 0.0166 e. The van der Waals surface area contributed by atoms with E-state index < -0.39 is 0 Å². The average molecular weight is 184 g/mol. The molecule has 0 fully saturated rings. The molecule has 0 aliphatic heterocycles. The highest BCUT2D eigenvalue weighted by molar-refractivity contribution is 4.94. The summed E-state index contributed by atoms with van der Waals surface area (Å²) >= 11 is 0. The summed E-state index contributed by atoms with van der Waals surface area (Å²) in [5.41, 5.74) is 6.93. The lowest BCUT2D eigenvalue weighted by atomic mass is 10.2. The van der Waals surface area contributed by atoms with Crippen LogP contribution in [0.2, 0.25) is 0 Å². The van der Waals surface area contributed by atoms with Crippen LogP contribution in [0.15, 0.2) is 11.6 Å². The molecule has 0 radical (unpaired) electrons. The lowest BCUT2D eigenvalue weighted by Crippen LogP contribution is -2.30. The van der Waals surface area contributed by atoms with Crippen molar-refractivity contribution in [3.8, 4) is 0 Å². The summed E-state index contributed by atoms with van der Waals surface area (Å²) in [6.07, 6.45) is 4.80. The zero-order valence-electron chi connectivity index (χ0n) is 9.34. The predicted molar refractivity (Wildman–Crippen MR) is 59.8 cm³/mol. The number of unbranched alkanes of at least 4 members (excludes halogenated alkanes) is 1. The maximum absolute atomic E-state index is 5.55. The van der Waals surface area contributed by atoms with Crippen LogP contribution in [-0.2, 0) is 0 Å². The van der Waals surface area contributed by atoms with Gasteiger partial charge in [0.2, 0.25) is 0 Å². The van der Waals surface area contributed by atoms with E-state index in [0.29, 0.717) is 0 Å². The van der Waals surface area contributed by atoms with Gasteiger partial charge in [0.05, 0.1) is 0 Å². The molecule has 0 heterocycles. The van der Waals surface area contributed by atoms with Crippen LogP contribution in [0.5, 0.6) is 0 Å². The summed E-state index contributed by atoms with van der Waals surface area (Å²) in [7, 11) is 0. The highest BCUT2D eigenvalue weighted by Gasteiger charge is 1.99. The molecule has 13 heavy (non-hydrogen) atoms. The van der Waals surface area contributed by atoms with E-state index in [1.54, 1.807) is 0 Å². The fourth-order valence-corrected chi connectivity index (χ4v) is 1.17. The van der Waals surface area contributed by atoms with Gasteiger partial charge < -0.3 is 5.73 Å². The van der Waals surface area contributed by atoms with E-state index in [-0.39, 0.29) is 0 Å². The predicted octanol–water partition coefficient (Wildman–Crippen LogP) is 2.01. The molecule has 0 amide bonds. The first kappa shape index (κ1) is 12.7. The van der Waals surface area contributed by atoms with E-state index in [1.807, 2.05) is 0 Å². The van der Waals surface area contributed by atoms with Crippen molar-refractivity contribution in [2.75, 3.05) is 26.2 Å². The molecule has 2 nitrogen and oxygen atoms in total. The van der Waals surface area contributed by atoms with E-state index in [2.05, 4.69) is 31.7 Å². The maximum atomic E-state index is 5.55. The quantitative estimate of drug-likeness (QED) is 0.613. The fraction of sp³-hybridized carbons (Fsp3) is 0.818. The van der Waals surface area contributed by atoms with Crippen LogP contribution in [0.4, 0.5) is 0 Å². The molecule has 0 aliphatic carbocycles. The Morgan fingerprint density at radius 2 is 2.00 bits per heavy atom. The van der Waals surface area contributed by atoms with Crippen molar-refractivity contribution >= 4 is 0 Å². The third-order valence-corrected chi connectivity index (χ3v) is 2.03. The number of nitrogens with zero attached hydrogens (tertiary/aromatic N) is 1. The number of hydrogen-bond acceptors (Lipinski definition) is 2. The van der Waals surface area contributed by atoms with Crippen molar-refractivity contribution in [1.82, 2.24) is 4.90 Å². The largest absolute Gasteiger partial charge is 0.329 e. The van der Waals surface area contributed by atoms with Gasteiger partial charge in [0.1, 0.15) is 0 Å². The van der Waals surface area contributed by atoms with Crippen LogP contribution in [0, 0.1) is 0 Å². The Balaban J connectivity index is 3.72. The molecular formula is C11H24N2. The second kappa shape index (κ2) is 8.27. The molecule has 0 rings (SSSR count). The molecule has 0 bridgehead atoms. The second-order valence-corrected chi connectivity index (χ2v) is 3.72. The lowest BCUT2D eigenvalue weighted by molar-refractivity contribution is 0.305. The molecule has 0 atom stereocenters. The molecular weight excluding hydrogens is 160 g/mol. The van der Waals surface area contributed by atoms with E-state index in [0.717, 1.165) is 19.6 Å². The second-order valence-electron chi connectivity index (χ2n) is 3.72. The molecule has 0 unspecified atom stereocenters. The van der Waals surface area contributed by atoms with Gasteiger partial charge >= 0.3 is 0 Å². The third kappa shape index (κ3) is 8.00. The molecule has 2 N–H and O–H groups in total. The Kier molecular flexibility index (Phi) is 8.05. The van der Waals surface area contributed by atoms with Crippen LogP contribution in [0.1, 0.15) is 33.6 Å². The zero-order valence-corrected chi connectivity index (χ0v) is 9.34. The topological polar surface area (TPSA) is 29.3 Å². The van der Waals surface area contributed by atoms with Gasteiger partial charge in [-0.25, -0.2) is 0 Å². The monoisotopic (exact) mass is 184 g/mol. The summed E-state index contributed by atoms with van der Waals surface area (Å²) in [6.45, 7) is 10.5. The molecule has 0 saturated heterocycles. The van der Waals surface area contributed by atoms with Crippen LogP contribution >= 0.6 is 0 Å². The summed E-state index contributed by atoms with van der Waals surface area (Å²) in [5.74, 6) is 0. The first-order valence-electron chi connectivity index (χ1n) is 5.26. The summed E-state index contributed by atoms with van der Waals surface area (Å²) in [5, 5.41) is 0. The van der Waals surface area contributed by atoms with Crippen LogP contribution in [0.25, 0.3) is 0 Å². The van der Waals surface area contributed by atoms with Crippen LogP contribution in [-0.4, -0.2) is 31.1 Å². The number of allylic oxidation sites excluding steroid dienone is 1. The first-order chi connectivity index (χ1) is 6.20. The van der Waals surface area contributed by atoms with Gasteiger partial charge in [-0.3, -0.25) is 4.90 Å². The lowest BCUT2D eigenvalue weighted by Gasteiger charge is -2.19. The van der Waals surface area contributed by atoms with Crippen molar-refractivity contribution in [2.24, 2.45) is 5.73 Å². The Labute approximate surface area is 82.8 Å². The maximum Gasteiger partial charge on any atom is 0.0166 e. The van der Waals surface area contributed by atoms with Crippen molar-refractivity contribution in [3.63, 3.8) is 0 Å². The van der Waals surface area contributed by atoms with E-state index in [9.17, 15) is 0 Å². The zero-order chi connectivity index (χ0) is 10.1. The summed E-state index contributed by atoms with van der Waals surface area (Å²) in [4.78, 5) is 2.41. The highest BCUT2D eigenvalue weighted by atomic mass is 15.1. The fourth-order valence-electron chi connectivity index (χ4n) is 1.17. The normalized spacial score (nSPS) is 10.5. The molecule has 0 saturated carbocycles. The minimum absolute atomic E-state index is 0.764. The van der Waals surface area contributed by atoms with Crippen LogP contribution in [0.3, 0.4) is 0 Å². The van der Waals surface area contributed by atoms with Crippen molar-refractivity contribution in [2.45, 2.75) is 33.6 Å². The Morgan fingerprint density at radius 1 is 1.31 bits per heavy atom. The van der Waals surface area contributed by atoms with Crippen molar-refractivity contribution < 1.29 is 0 Å². The summed E-state index contributed by atoms with van der Waals surface area (Å²) < 4.78 is 0. The van der Waals surface area contributed by atoms with Gasteiger partial charge in [0, 0.05) is 19.6 Å². The minimum Gasteiger partial charge on any atom is -0.329 e. The highest BCUT2D eigenvalue weighted by Crippen LogP contribution is 1.96. The van der Waals surface area contributed by atoms with Gasteiger partial charge in [-0.15, -0.1) is 0 Å². The average Bonchev–Trinajstić information content (AvgIpc) is 2.09. The molecule has 0 aliphatic rings. The molecule has 0 aromatic rings. The van der Waals surface area contributed by atoms with Crippen molar-refractivity contribution in [1.29, 1.82) is 0 Å². The number of nitrogens with two attached hydrogens (primary N) is 1. The van der Waals surface area contributed by atoms with Crippen molar-refractivity contribution in [3.05, 3.63) is 11.6 Å². The van der Waals surface area contributed by atoms with Gasteiger partial charge in [0.25, 0.3) is 0 Å². The summed E-state index contributed by atoms with van der Waals surface area (Å²) in [6, 6.07) is 0. The van der Waals surface area contributed by atoms with E-state index in [4.69, 9.17) is 5.73 Å². The number of rotatable bonds is 7. The number of hydrogen-bond donors (Lipinski definition) is 1. The third-order valence-electron chi connectivity index (χ3n) is 2.03. The minimum atomic E-state index is 0.764. The Hall–Kier alpha value is -0.340. The van der Waals surface area contributed by atoms with E-state index in [1.165, 1.54) is 25.0 Å². The molecule has 0 spiro atoms. The molecule has 0 aromatic heterocycles. The van der Waals surface area contributed by atoms with Gasteiger partial charge in [-0.1, -0.05) is 25.0 Å². The first-order valence-corrected chi connectivity index (χ1v) is 5.26. The molecule has 78 valence electrons. The Bertz CT molecular complexity index is 137. The molecule has 2 heteroatoms. The van der Waals surface area contributed by atoms with Gasteiger partial charge in [-0.2, -0.15) is 0 Å². The van der Waals surface area contributed by atoms with Crippen LogP contribution < -0.4 is 5.73 Å². The van der Waals surface area contributed by atoms with Gasteiger partial charge in [-0.05, 0) is 26.8 Å². The Morgan fingerprint density at radius 3 is 2.46 bits per heavy atom. The van der Waals surface area contributed by atoms with Gasteiger partial charge in [0.15, 0.2) is 0 Å². The molecule has 0 aromatic carbocycles. The standard InChI is InChI=1S/C11H24N2/c1-4-5-8-13(10-7-12)9-6-11(2)3/h6H,4-5,7-10,12H2,1-3H3. The SMILES string of the molecule is CCCCN(CC=C(C)C)CCN.